The maximum absolute atomic E-state index is 9.54. The van der Waals surface area contributed by atoms with Gasteiger partial charge in [-0.05, 0) is 100 Å². The lowest BCUT2D eigenvalue weighted by Crippen LogP contribution is -2.26. The Balaban J connectivity index is 1.14. The minimum absolute atomic E-state index is 0.380. The summed E-state index contributed by atoms with van der Waals surface area (Å²) in [6.45, 7) is 2.58. The summed E-state index contributed by atoms with van der Waals surface area (Å²) in [5, 5.41) is 11.8. The highest BCUT2D eigenvalue weighted by atomic mass is 15.0. The fourth-order valence-corrected chi connectivity index (χ4v) is 9.41. The molecule has 9 rings (SSSR count). The van der Waals surface area contributed by atoms with Crippen molar-refractivity contribution < 1.29 is 0 Å². The summed E-state index contributed by atoms with van der Waals surface area (Å²) in [6, 6.07) is 42.2. The van der Waals surface area contributed by atoms with Gasteiger partial charge in [-0.3, -0.25) is 0 Å². The molecular formula is C42H34N4. The second-order valence-corrected chi connectivity index (χ2v) is 14.0. The molecule has 0 aliphatic heterocycles. The van der Waals surface area contributed by atoms with E-state index in [1.165, 1.54) is 48.6 Å². The van der Waals surface area contributed by atoms with Crippen LogP contribution < -0.4 is 0 Å². The lowest BCUT2D eigenvalue weighted by Gasteiger charge is -2.33. The van der Waals surface area contributed by atoms with E-state index in [2.05, 4.69) is 73.7 Å². The van der Waals surface area contributed by atoms with Crippen LogP contribution in [0.4, 0.5) is 0 Å². The summed E-state index contributed by atoms with van der Waals surface area (Å²) in [5.74, 6) is 3.59. The van der Waals surface area contributed by atoms with E-state index < -0.39 is 0 Å². The van der Waals surface area contributed by atoms with Gasteiger partial charge in [0.15, 0.2) is 17.5 Å². The van der Waals surface area contributed by atoms with Crippen LogP contribution in [0.1, 0.15) is 50.2 Å². The Bertz CT molecular complexity index is 2160. The maximum Gasteiger partial charge on any atom is 0.164 e. The molecule has 1 heterocycles. The van der Waals surface area contributed by atoms with Gasteiger partial charge < -0.3 is 0 Å². The predicted molar refractivity (Wildman–Crippen MR) is 184 cm³/mol. The van der Waals surface area contributed by atoms with Gasteiger partial charge >= 0.3 is 0 Å². The van der Waals surface area contributed by atoms with Crippen LogP contribution >= 0.6 is 0 Å². The van der Waals surface area contributed by atoms with Crippen LogP contribution in [-0.2, 0) is 5.41 Å². The first-order chi connectivity index (χ1) is 22.5. The number of aromatic nitrogens is 3. The highest BCUT2D eigenvalue weighted by Crippen LogP contribution is 2.72. The minimum Gasteiger partial charge on any atom is -0.208 e. The third-order valence-electron chi connectivity index (χ3n) is 11.6. The van der Waals surface area contributed by atoms with E-state index in [-0.39, 0.29) is 0 Å². The topological polar surface area (TPSA) is 62.5 Å². The van der Waals surface area contributed by atoms with Crippen LogP contribution in [0, 0.1) is 28.6 Å². The van der Waals surface area contributed by atoms with Gasteiger partial charge in [0.1, 0.15) is 0 Å². The van der Waals surface area contributed by atoms with Crippen LogP contribution in [0.25, 0.3) is 56.1 Å². The fourth-order valence-electron chi connectivity index (χ4n) is 9.41. The molecule has 4 heteroatoms. The zero-order chi connectivity index (χ0) is 30.9. The minimum atomic E-state index is 0.380. The third kappa shape index (κ3) is 4.15. The number of fused-ring (bicyclic) bond motifs is 2. The van der Waals surface area contributed by atoms with E-state index in [0.717, 1.165) is 33.9 Å². The first kappa shape index (κ1) is 27.2. The van der Waals surface area contributed by atoms with Crippen molar-refractivity contribution in [2.75, 3.05) is 0 Å². The molecule has 4 atom stereocenters. The summed E-state index contributed by atoms with van der Waals surface area (Å²) in [7, 11) is 0. The van der Waals surface area contributed by atoms with Gasteiger partial charge in [-0.2, -0.15) is 5.26 Å². The largest absolute Gasteiger partial charge is 0.208 e. The number of nitrogens with zero attached hydrogens (tertiary/aromatic N) is 4. The Morgan fingerprint density at radius 1 is 0.609 bits per heavy atom. The molecule has 5 aromatic carbocycles. The Morgan fingerprint density at radius 3 is 1.91 bits per heavy atom. The average Bonchev–Trinajstić information content (AvgIpc) is 3.62. The fraction of sp³-hybridized carbons (Fsp3) is 0.238. The number of rotatable bonds is 5. The Morgan fingerprint density at radius 2 is 1.22 bits per heavy atom. The molecule has 0 saturated heterocycles. The van der Waals surface area contributed by atoms with Crippen molar-refractivity contribution in [2.24, 2.45) is 17.3 Å². The molecule has 3 saturated carbocycles. The van der Waals surface area contributed by atoms with E-state index in [4.69, 9.17) is 15.0 Å². The molecule has 0 radical (unpaired) electrons. The Hall–Kier alpha value is -5.14. The van der Waals surface area contributed by atoms with Crippen molar-refractivity contribution in [3.63, 3.8) is 0 Å². The number of hydrogen-bond donors (Lipinski definition) is 0. The van der Waals surface area contributed by atoms with E-state index in [0.29, 0.717) is 33.9 Å². The lowest BCUT2D eigenvalue weighted by atomic mass is 9.72. The standard InChI is InChI=1S/C42H34N4/c1-41-26-42(23-32(41)18-19-33(41)24-42)31-16-14-28(15-17-31)34-20-21-37(36-13-6-5-12-35(34)36)40-45-38(29-9-3-2-4-10-29)44-39(46-40)30-11-7-8-27(22-30)25-43/h2-17,20-22,32-33H,18-19,23-24,26H2,1H3/t32-,33+,41?,42?. The van der Waals surface area contributed by atoms with Crippen molar-refractivity contribution in [2.45, 2.75) is 44.4 Å². The van der Waals surface area contributed by atoms with Gasteiger partial charge in [0.05, 0.1) is 11.6 Å². The van der Waals surface area contributed by atoms with Crippen molar-refractivity contribution in [1.29, 1.82) is 5.26 Å². The molecule has 0 N–H and O–H groups in total. The highest BCUT2D eigenvalue weighted by molar-refractivity contribution is 6.04. The number of hydrogen-bond acceptors (Lipinski definition) is 4. The van der Waals surface area contributed by atoms with E-state index in [9.17, 15) is 5.26 Å². The summed E-state index contributed by atoms with van der Waals surface area (Å²) in [5.41, 5.74) is 8.18. The molecular weight excluding hydrogens is 560 g/mol. The molecule has 1 aromatic heterocycles. The average molecular weight is 595 g/mol. The van der Waals surface area contributed by atoms with Crippen LogP contribution in [0.5, 0.6) is 0 Å². The molecule has 222 valence electrons. The lowest BCUT2D eigenvalue weighted by molar-refractivity contribution is 0.195. The molecule has 2 unspecified atom stereocenters. The first-order valence-electron chi connectivity index (χ1n) is 16.5. The molecule has 3 aliphatic carbocycles. The zero-order valence-corrected chi connectivity index (χ0v) is 25.9. The summed E-state index contributed by atoms with van der Waals surface area (Å²) in [4.78, 5) is 14.9. The normalized spacial score (nSPS) is 24.3. The van der Waals surface area contributed by atoms with Crippen LogP contribution in [0.3, 0.4) is 0 Å². The SMILES string of the molecule is CC12CC3(c4ccc(-c5ccc(-c6nc(-c7ccccc7)nc(-c7cccc(C#N)c7)n6)c6ccccc56)cc4)C[C@H]1CC[C@H]2C3. The molecule has 46 heavy (non-hydrogen) atoms. The van der Waals surface area contributed by atoms with Crippen molar-refractivity contribution >= 4 is 10.8 Å². The monoisotopic (exact) mass is 594 g/mol. The van der Waals surface area contributed by atoms with E-state index in [1.807, 2.05) is 48.5 Å². The molecule has 0 spiro atoms. The van der Waals surface area contributed by atoms with E-state index in [1.54, 1.807) is 11.6 Å². The summed E-state index contributed by atoms with van der Waals surface area (Å²) >= 11 is 0. The number of benzene rings is 5. The molecule has 4 nitrogen and oxygen atoms in total. The van der Waals surface area contributed by atoms with Gasteiger partial charge in [-0.25, -0.2) is 15.0 Å². The summed E-state index contributed by atoms with van der Waals surface area (Å²) in [6.07, 6.45) is 6.97. The number of nitriles is 1. The summed E-state index contributed by atoms with van der Waals surface area (Å²) < 4.78 is 0. The molecule has 6 aromatic rings. The smallest absolute Gasteiger partial charge is 0.164 e. The molecule has 0 amide bonds. The van der Waals surface area contributed by atoms with Crippen LogP contribution in [-0.4, -0.2) is 15.0 Å². The molecule has 2 bridgehead atoms. The van der Waals surface area contributed by atoms with Gasteiger partial charge in [0.25, 0.3) is 0 Å². The highest BCUT2D eigenvalue weighted by Gasteiger charge is 2.65. The molecule has 3 fully saturated rings. The van der Waals surface area contributed by atoms with E-state index >= 15 is 0 Å². The maximum atomic E-state index is 9.54. The molecule has 3 aliphatic rings. The van der Waals surface area contributed by atoms with Gasteiger partial charge in [0.2, 0.25) is 0 Å². The zero-order valence-electron chi connectivity index (χ0n) is 25.9. The van der Waals surface area contributed by atoms with Crippen LogP contribution in [0.2, 0.25) is 0 Å². The second kappa shape index (κ2) is 10.2. The Labute approximate surface area is 269 Å². The van der Waals surface area contributed by atoms with Gasteiger partial charge in [0, 0.05) is 16.7 Å². The quantitative estimate of drug-likeness (QED) is 0.199. The van der Waals surface area contributed by atoms with Crippen molar-refractivity contribution in [3.8, 4) is 51.4 Å². The predicted octanol–water partition coefficient (Wildman–Crippen LogP) is 10.0. The first-order valence-corrected chi connectivity index (χ1v) is 16.5. The van der Waals surface area contributed by atoms with Crippen molar-refractivity contribution in [3.05, 3.63) is 126 Å². The second-order valence-electron chi connectivity index (χ2n) is 14.0. The van der Waals surface area contributed by atoms with Crippen molar-refractivity contribution in [1.82, 2.24) is 15.0 Å². The van der Waals surface area contributed by atoms with Gasteiger partial charge in [-0.1, -0.05) is 104 Å². The third-order valence-corrected chi connectivity index (χ3v) is 11.6. The van der Waals surface area contributed by atoms with Gasteiger partial charge in [-0.15, -0.1) is 0 Å². The van der Waals surface area contributed by atoms with Crippen LogP contribution in [0.15, 0.2) is 115 Å². The Kier molecular flexibility index (Phi) is 6.02.